The number of likely N-dealkylation sites (tertiary alicyclic amines) is 1. The average Bonchev–Trinajstić information content (AvgIpc) is 3.20. The maximum absolute atomic E-state index is 6.14. The summed E-state index contributed by atoms with van der Waals surface area (Å²) in [6, 6.07) is 12.1. The number of morpholine rings is 2. The minimum Gasteiger partial charge on any atom is -0.379 e. The van der Waals surface area contributed by atoms with Crippen LogP contribution in [0.15, 0.2) is 35.3 Å². The van der Waals surface area contributed by atoms with E-state index in [1.165, 1.54) is 5.56 Å². The van der Waals surface area contributed by atoms with Crippen molar-refractivity contribution in [1.82, 2.24) is 20.0 Å². The second-order valence-electron chi connectivity index (χ2n) is 8.78. The lowest BCUT2D eigenvalue weighted by molar-refractivity contribution is -0.0502. The van der Waals surface area contributed by atoms with Crippen molar-refractivity contribution < 1.29 is 9.47 Å². The van der Waals surface area contributed by atoms with Crippen LogP contribution in [0.3, 0.4) is 0 Å². The number of halogens is 1. The molecule has 31 heavy (non-hydrogen) atoms. The third kappa shape index (κ3) is 6.10. The predicted molar refractivity (Wildman–Crippen MR) is 135 cm³/mol. The Hall–Kier alpha value is -0.940. The summed E-state index contributed by atoms with van der Waals surface area (Å²) >= 11 is 0. The van der Waals surface area contributed by atoms with E-state index in [1.54, 1.807) is 0 Å². The zero-order valence-corrected chi connectivity index (χ0v) is 21.4. The second kappa shape index (κ2) is 11.8. The molecule has 1 aromatic carbocycles. The summed E-state index contributed by atoms with van der Waals surface area (Å²) in [6.45, 7) is 12.7. The summed E-state index contributed by atoms with van der Waals surface area (Å²) in [4.78, 5) is 12.1. The number of hydrogen-bond donors (Lipinski definition) is 1. The van der Waals surface area contributed by atoms with Gasteiger partial charge in [0.25, 0.3) is 0 Å². The highest BCUT2D eigenvalue weighted by Gasteiger charge is 2.41. The molecule has 4 rings (SSSR count). The van der Waals surface area contributed by atoms with E-state index in [4.69, 9.17) is 9.47 Å². The molecule has 0 radical (unpaired) electrons. The van der Waals surface area contributed by atoms with E-state index >= 15 is 0 Å². The van der Waals surface area contributed by atoms with Gasteiger partial charge in [-0.2, -0.15) is 0 Å². The standard InChI is InChI=1S/C23H37N5O2.HI/c1-18(28-10-11-29-17-19(28)2)13-25-23(24-3)27-15-21-22(16-27)30-12-9-26(21)14-20-7-5-4-6-8-20;/h4-8,18-19,21-22H,9-17H2,1-3H3,(H,24,25);1H. The number of benzene rings is 1. The number of guanidine groups is 1. The summed E-state index contributed by atoms with van der Waals surface area (Å²) in [5.74, 6) is 0.987. The van der Waals surface area contributed by atoms with Gasteiger partial charge in [0.15, 0.2) is 5.96 Å². The van der Waals surface area contributed by atoms with Gasteiger partial charge in [-0.25, -0.2) is 0 Å². The fourth-order valence-corrected chi connectivity index (χ4v) is 5.03. The smallest absolute Gasteiger partial charge is 0.193 e. The van der Waals surface area contributed by atoms with Gasteiger partial charge >= 0.3 is 0 Å². The van der Waals surface area contributed by atoms with Gasteiger partial charge in [0, 0.05) is 58.4 Å². The maximum atomic E-state index is 6.14. The first-order chi connectivity index (χ1) is 14.7. The van der Waals surface area contributed by atoms with Crippen molar-refractivity contribution in [3.8, 4) is 0 Å². The Labute approximate surface area is 204 Å². The molecular weight excluding hydrogens is 505 g/mol. The molecule has 3 heterocycles. The highest BCUT2D eigenvalue weighted by molar-refractivity contribution is 14.0. The number of nitrogens with one attached hydrogen (secondary N) is 1. The second-order valence-corrected chi connectivity index (χ2v) is 8.78. The lowest BCUT2D eigenvalue weighted by atomic mass is 10.1. The molecule has 3 saturated heterocycles. The van der Waals surface area contributed by atoms with E-state index in [1.807, 2.05) is 7.05 Å². The SMILES string of the molecule is CN=C(NCC(C)N1CCOCC1C)N1CC2OCCN(Cc3ccccc3)C2C1.I. The molecule has 0 amide bonds. The predicted octanol–water partition coefficient (Wildman–Crippen LogP) is 1.87. The van der Waals surface area contributed by atoms with Gasteiger partial charge in [-0.15, -0.1) is 24.0 Å². The first-order valence-electron chi connectivity index (χ1n) is 11.3. The number of hydrogen-bond acceptors (Lipinski definition) is 5. The van der Waals surface area contributed by atoms with Crippen LogP contribution in [-0.2, 0) is 16.0 Å². The molecular formula is C23H38IN5O2. The van der Waals surface area contributed by atoms with Crippen molar-refractivity contribution in [2.24, 2.45) is 4.99 Å². The van der Waals surface area contributed by atoms with Gasteiger partial charge in [-0.3, -0.25) is 14.8 Å². The molecule has 1 aromatic rings. The van der Waals surface area contributed by atoms with Crippen molar-refractivity contribution in [3.05, 3.63) is 35.9 Å². The van der Waals surface area contributed by atoms with Crippen molar-refractivity contribution in [1.29, 1.82) is 0 Å². The minimum absolute atomic E-state index is 0. The molecule has 3 fully saturated rings. The normalized spacial score (nSPS) is 28.7. The first kappa shape index (κ1) is 24.7. The molecule has 4 atom stereocenters. The van der Waals surface area contributed by atoms with Gasteiger partial charge in [-0.1, -0.05) is 30.3 Å². The van der Waals surface area contributed by atoms with Crippen molar-refractivity contribution in [3.63, 3.8) is 0 Å². The fourth-order valence-electron chi connectivity index (χ4n) is 5.03. The summed E-state index contributed by atoms with van der Waals surface area (Å²) < 4.78 is 11.7. The number of ether oxygens (including phenoxy) is 2. The Kier molecular flexibility index (Phi) is 9.39. The molecule has 3 aliphatic heterocycles. The number of rotatable bonds is 5. The van der Waals surface area contributed by atoms with Crippen LogP contribution >= 0.6 is 24.0 Å². The monoisotopic (exact) mass is 543 g/mol. The number of fused-ring (bicyclic) bond motifs is 1. The molecule has 4 unspecified atom stereocenters. The van der Waals surface area contributed by atoms with Crippen molar-refractivity contribution in [2.45, 2.75) is 44.6 Å². The summed E-state index contributed by atoms with van der Waals surface area (Å²) in [5.41, 5.74) is 1.37. The molecule has 3 aliphatic rings. The Morgan fingerprint density at radius 3 is 2.74 bits per heavy atom. The minimum atomic E-state index is 0. The Bertz CT molecular complexity index is 706. The molecule has 174 valence electrons. The largest absolute Gasteiger partial charge is 0.379 e. The maximum Gasteiger partial charge on any atom is 0.193 e. The average molecular weight is 543 g/mol. The molecule has 0 bridgehead atoms. The lowest BCUT2D eigenvalue weighted by Crippen LogP contribution is -2.53. The summed E-state index contributed by atoms with van der Waals surface area (Å²) in [6.07, 6.45) is 0.248. The van der Waals surface area contributed by atoms with Crippen LogP contribution in [0.2, 0.25) is 0 Å². The Morgan fingerprint density at radius 1 is 1.19 bits per heavy atom. The first-order valence-corrected chi connectivity index (χ1v) is 11.3. The zero-order valence-electron chi connectivity index (χ0n) is 19.1. The zero-order chi connectivity index (χ0) is 20.9. The quantitative estimate of drug-likeness (QED) is 0.348. The van der Waals surface area contributed by atoms with Gasteiger partial charge in [-0.05, 0) is 19.4 Å². The van der Waals surface area contributed by atoms with E-state index in [-0.39, 0.29) is 30.1 Å². The van der Waals surface area contributed by atoms with Crippen LogP contribution in [0, 0.1) is 0 Å². The third-order valence-corrected chi connectivity index (χ3v) is 6.70. The fraction of sp³-hybridized carbons (Fsp3) is 0.696. The molecule has 7 nitrogen and oxygen atoms in total. The molecule has 1 N–H and O–H groups in total. The molecule has 0 spiro atoms. The van der Waals surface area contributed by atoms with Crippen molar-refractivity contribution in [2.75, 3.05) is 59.6 Å². The van der Waals surface area contributed by atoms with Crippen LogP contribution in [0.5, 0.6) is 0 Å². The van der Waals surface area contributed by atoms with Gasteiger partial charge in [0.2, 0.25) is 0 Å². The Morgan fingerprint density at radius 2 is 2.00 bits per heavy atom. The van der Waals surface area contributed by atoms with E-state index in [0.717, 1.165) is 65.0 Å². The van der Waals surface area contributed by atoms with Crippen molar-refractivity contribution >= 4 is 29.9 Å². The summed E-state index contributed by atoms with van der Waals surface area (Å²) in [7, 11) is 1.88. The van der Waals surface area contributed by atoms with Gasteiger partial charge in [0.1, 0.15) is 0 Å². The molecule has 0 aromatic heterocycles. The molecule has 8 heteroatoms. The van der Waals surface area contributed by atoms with Crippen LogP contribution < -0.4 is 5.32 Å². The topological polar surface area (TPSA) is 52.6 Å². The highest BCUT2D eigenvalue weighted by Crippen LogP contribution is 2.24. The van der Waals surface area contributed by atoms with Crippen LogP contribution in [0.4, 0.5) is 0 Å². The van der Waals surface area contributed by atoms with E-state index < -0.39 is 0 Å². The van der Waals surface area contributed by atoms with E-state index in [0.29, 0.717) is 18.1 Å². The Balaban J connectivity index is 0.00000272. The number of aliphatic imine (C=N–C) groups is 1. The van der Waals surface area contributed by atoms with Gasteiger partial charge < -0.3 is 19.7 Å². The summed E-state index contributed by atoms with van der Waals surface area (Å²) in [5, 5.41) is 3.62. The highest BCUT2D eigenvalue weighted by atomic mass is 127. The third-order valence-electron chi connectivity index (χ3n) is 6.70. The van der Waals surface area contributed by atoms with E-state index in [2.05, 4.69) is 69.2 Å². The number of nitrogens with zero attached hydrogens (tertiary/aromatic N) is 4. The van der Waals surface area contributed by atoms with Gasteiger partial charge in [0.05, 0.1) is 32.0 Å². The lowest BCUT2D eigenvalue weighted by Gasteiger charge is -2.38. The molecule has 0 saturated carbocycles. The van der Waals surface area contributed by atoms with E-state index in [9.17, 15) is 0 Å². The molecule has 0 aliphatic carbocycles. The van der Waals surface area contributed by atoms with Crippen LogP contribution in [0.25, 0.3) is 0 Å². The van der Waals surface area contributed by atoms with Crippen LogP contribution in [-0.4, -0.2) is 104 Å². The van der Waals surface area contributed by atoms with Crippen LogP contribution in [0.1, 0.15) is 19.4 Å².